The van der Waals surface area contributed by atoms with Gasteiger partial charge >= 0.3 is 0 Å². The van der Waals surface area contributed by atoms with Crippen LogP contribution in [0.25, 0.3) is 0 Å². The molecule has 0 N–H and O–H groups in total. The molecule has 1 aromatic carbocycles. The fourth-order valence-electron chi connectivity index (χ4n) is 2.13. The zero-order valence-electron chi connectivity index (χ0n) is 9.96. The molecule has 0 spiro atoms. The van der Waals surface area contributed by atoms with Gasteiger partial charge in [-0.2, -0.15) is 0 Å². The predicted octanol–water partition coefficient (Wildman–Crippen LogP) is 2.31. The minimum Gasteiger partial charge on any atom is -0.497 e. The van der Waals surface area contributed by atoms with Gasteiger partial charge < -0.3 is 4.74 Å². The molecule has 90 valence electrons. The summed E-state index contributed by atoms with van der Waals surface area (Å²) >= 11 is 0. The van der Waals surface area contributed by atoms with Crippen LogP contribution in [0, 0.1) is 0 Å². The van der Waals surface area contributed by atoms with Crippen molar-refractivity contribution in [1.29, 1.82) is 0 Å². The number of anilines is 2. The fourth-order valence-corrected chi connectivity index (χ4v) is 2.13. The molecule has 0 unspecified atom stereocenters. The van der Waals surface area contributed by atoms with E-state index in [0.717, 1.165) is 22.8 Å². The van der Waals surface area contributed by atoms with Crippen molar-refractivity contribution in [2.24, 2.45) is 0 Å². The Balaban J connectivity index is 2.03. The summed E-state index contributed by atoms with van der Waals surface area (Å²) in [5.74, 6) is 1.55. The Hall–Kier alpha value is -2.36. The third-order valence-corrected chi connectivity index (χ3v) is 3.00. The summed E-state index contributed by atoms with van der Waals surface area (Å²) in [5.41, 5.74) is 1.79. The highest BCUT2D eigenvalue weighted by Crippen LogP contribution is 2.33. The van der Waals surface area contributed by atoms with Gasteiger partial charge in [-0.05, 0) is 30.3 Å². The summed E-state index contributed by atoms with van der Waals surface area (Å²) in [6, 6.07) is 11.2. The van der Waals surface area contributed by atoms with E-state index in [1.807, 2.05) is 36.4 Å². The molecule has 0 saturated heterocycles. The number of methoxy groups -OCH3 is 1. The smallest absolute Gasteiger partial charge is 0.237 e. The Kier molecular flexibility index (Phi) is 2.48. The first-order valence-electron chi connectivity index (χ1n) is 5.70. The van der Waals surface area contributed by atoms with Crippen molar-refractivity contribution in [2.45, 2.75) is 6.42 Å². The molecule has 3 rings (SSSR count). The van der Waals surface area contributed by atoms with E-state index in [4.69, 9.17) is 4.74 Å². The maximum Gasteiger partial charge on any atom is 0.237 e. The summed E-state index contributed by atoms with van der Waals surface area (Å²) < 4.78 is 5.11. The van der Waals surface area contributed by atoms with E-state index in [1.54, 1.807) is 18.2 Å². The molecular weight excluding hydrogens is 228 g/mol. The Morgan fingerprint density at radius 2 is 2.00 bits per heavy atom. The Labute approximate surface area is 105 Å². The fraction of sp³-hybridized carbons (Fsp3) is 0.143. The number of ether oxygens (including phenoxy) is 1. The third-order valence-electron chi connectivity index (χ3n) is 3.00. The lowest BCUT2D eigenvalue weighted by molar-refractivity contribution is -0.116. The number of nitrogens with zero attached hydrogens (tertiary/aromatic N) is 2. The van der Waals surface area contributed by atoms with Crippen molar-refractivity contribution in [3.8, 4) is 5.75 Å². The zero-order chi connectivity index (χ0) is 12.5. The molecule has 0 atom stereocenters. The molecule has 1 aliphatic rings. The van der Waals surface area contributed by atoms with Gasteiger partial charge in [0.1, 0.15) is 11.6 Å². The number of aromatic nitrogens is 1. The van der Waals surface area contributed by atoms with Crippen molar-refractivity contribution in [2.75, 3.05) is 12.0 Å². The third kappa shape index (κ3) is 1.62. The van der Waals surface area contributed by atoms with Crippen LogP contribution in [-0.4, -0.2) is 18.0 Å². The minimum absolute atomic E-state index is 0.0499. The van der Waals surface area contributed by atoms with E-state index in [1.165, 1.54) is 0 Å². The van der Waals surface area contributed by atoms with Gasteiger partial charge in [0.2, 0.25) is 5.91 Å². The van der Waals surface area contributed by atoms with Crippen molar-refractivity contribution in [3.05, 3.63) is 48.2 Å². The Morgan fingerprint density at radius 1 is 1.22 bits per heavy atom. The first-order valence-corrected chi connectivity index (χ1v) is 5.70. The maximum absolute atomic E-state index is 12.0. The van der Waals surface area contributed by atoms with Crippen LogP contribution in [0.15, 0.2) is 42.6 Å². The van der Waals surface area contributed by atoms with Gasteiger partial charge in [-0.25, -0.2) is 4.98 Å². The van der Waals surface area contributed by atoms with Gasteiger partial charge in [-0.1, -0.05) is 6.07 Å². The molecule has 4 nitrogen and oxygen atoms in total. The van der Waals surface area contributed by atoms with Crippen LogP contribution < -0.4 is 9.64 Å². The predicted molar refractivity (Wildman–Crippen MR) is 68.1 cm³/mol. The second-order valence-electron chi connectivity index (χ2n) is 4.09. The molecule has 0 saturated carbocycles. The number of rotatable bonds is 2. The number of carbonyl (C=O) groups is 1. The zero-order valence-corrected chi connectivity index (χ0v) is 9.96. The topological polar surface area (TPSA) is 42.4 Å². The lowest BCUT2D eigenvalue weighted by atomic mass is 10.2. The van der Waals surface area contributed by atoms with E-state index < -0.39 is 0 Å². The number of fused-ring (bicyclic) bond motifs is 1. The second-order valence-corrected chi connectivity index (χ2v) is 4.09. The highest BCUT2D eigenvalue weighted by atomic mass is 16.5. The Bertz CT molecular complexity index is 593. The first-order chi connectivity index (χ1) is 8.79. The summed E-state index contributed by atoms with van der Waals surface area (Å²) in [6.07, 6.45) is 2.11. The second kappa shape index (κ2) is 4.14. The Morgan fingerprint density at radius 3 is 2.72 bits per heavy atom. The van der Waals surface area contributed by atoms with Crippen LogP contribution in [-0.2, 0) is 11.2 Å². The van der Waals surface area contributed by atoms with Gasteiger partial charge in [-0.15, -0.1) is 0 Å². The van der Waals surface area contributed by atoms with Crippen LogP contribution in [0.4, 0.5) is 11.5 Å². The van der Waals surface area contributed by atoms with Crippen LogP contribution in [0.5, 0.6) is 5.75 Å². The standard InChI is InChI=1S/C14H12N2O2/c1-18-12-6-4-11(5-7-12)16-13(17)9-10-3-2-8-15-14(10)16/h2-8H,9H2,1H3. The van der Waals surface area contributed by atoms with Gasteiger partial charge in [0.05, 0.1) is 19.2 Å². The van der Waals surface area contributed by atoms with Crippen molar-refractivity contribution >= 4 is 17.4 Å². The molecule has 2 heterocycles. The van der Waals surface area contributed by atoms with E-state index >= 15 is 0 Å². The molecule has 1 amide bonds. The summed E-state index contributed by atoms with van der Waals surface area (Å²) in [4.78, 5) is 18.0. The lowest BCUT2D eigenvalue weighted by Gasteiger charge is -2.16. The molecule has 1 aliphatic heterocycles. The van der Waals surface area contributed by atoms with Crippen LogP contribution >= 0.6 is 0 Å². The molecule has 0 aliphatic carbocycles. The molecule has 2 aromatic rings. The van der Waals surface area contributed by atoms with Crippen LogP contribution in [0.1, 0.15) is 5.56 Å². The van der Waals surface area contributed by atoms with E-state index in [-0.39, 0.29) is 5.91 Å². The normalized spacial score (nSPS) is 13.6. The number of amides is 1. The highest BCUT2D eigenvalue weighted by molar-refractivity contribution is 6.06. The molecule has 18 heavy (non-hydrogen) atoms. The average molecular weight is 240 g/mol. The summed E-state index contributed by atoms with van der Waals surface area (Å²) in [6.45, 7) is 0. The SMILES string of the molecule is COc1ccc(N2C(=O)Cc3cccnc32)cc1. The lowest BCUT2D eigenvalue weighted by Crippen LogP contribution is -2.21. The molecule has 1 aromatic heterocycles. The molecule has 0 radical (unpaired) electrons. The monoisotopic (exact) mass is 240 g/mol. The highest BCUT2D eigenvalue weighted by Gasteiger charge is 2.29. The van der Waals surface area contributed by atoms with Crippen molar-refractivity contribution < 1.29 is 9.53 Å². The minimum atomic E-state index is 0.0499. The first kappa shape index (κ1) is 10.8. The maximum atomic E-state index is 12.0. The molecule has 0 bridgehead atoms. The number of hydrogen-bond donors (Lipinski definition) is 0. The number of benzene rings is 1. The largest absolute Gasteiger partial charge is 0.497 e. The quantitative estimate of drug-likeness (QED) is 0.809. The van der Waals surface area contributed by atoms with Gasteiger partial charge in [0.15, 0.2) is 0 Å². The van der Waals surface area contributed by atoms with Gasteiger partial charge in [0, 0.05) is 11.8 Å². The van der Waals surface area contributed by atoms with E-state index in [2.05, 4.69) is 4.98 Å². The van der Waals surface area contributed by atoms with Gasteiger partial charge in [-0.3, -0.25) is 9.69 Å². The van der Waals surface area contributed by atoms with Crippen LogP contribution in [0.3, 0.4) is 0 Å². The average Bonchev–Trinajstić information content (AvgIpc) is 2.75. The van der Waals surface area contributed by atoms with Gasteiger partial charge in [0.25, 0.3) is 0 Å². The molecule has 4 heteroatoms. The number of pyridine rings is 1. The van der Waals surface area contributed by atoms with E-state index in [0.29, 0.717) is 6.42 Å². The summed E-state index contributed by atoms with van der Waals surface area (Å²) in [5, 5.41) is 0. The van der Waals surface area contributed by atoms with Crippen molar-refractivity contribution in [3.63, 3.8) is 0 Å². The van der Waals surface area contributed by atoms with Crippen LogP contribution in [0.2, 0.25) is 0 Å². The van der Waals surface area contributed by atoms with E-state index in [9.17, 15) is 4.79 Å². The summed E-state index contributed by atoms with van der Waals surface area (Å²) in [7, 11) is 1.62. The molecular formula is C14H12N2O2. The van der Waals surface area contributed by atoms with Crippen molar-refractivity contribution in [1.82, 2.24) is 4.98 Å². The number of carbonyl (C=O) groups excluding carboxylic acids is 1. The number of hydrogen-bond acceptors (Lipinski definition) is 3. The molecule has 0 fully saturated rings.